The molecule has 0 radical (unpaired) electrons. The number of hydrogen-bond donors (Lipinski definition) is 1. The summed E-state index contributed by atoms with van der Waals surface area (Å²) in [7, 11) is 0. The van der Waals surface area contributed by atoms with Crippen LogP contribution in [0, 0.1) is 11.8 Å². The first kappa shape index (κ1) is 8.72. The molecule has 1 aliphatic rings. The van der Waals surface area contributed by atoms with Crippen LogP contribution in [0.1, 0.15) is 32.6 Å². The molecule has 0 saturated heterocycles. The van der Waals surface area contributed by atoms with Gasteiger partial charge in [-0.05, 0) is 25.2 Å². The highest BCUT2D eigenvalue weighted by molar-refractivity contribution is 5.83. The van der Waals surface area contributed by atoms with E-state index in [0.717, 1.165) is 25.7 Å². The van der Waals surface area contributed by atoms with Crippen molar-refractivity contribution < 1.29 is 9.90 Å². The van der Waals surface area contributed by atoms with E-state index in [4.69, 9.17) is 5.11 Å². The fourth-order valence-electron chi connectivity index (χ4n) is 2.05. The minimum absolute atomic E-state index is 0.231. The highest BCUT2D eigenvalue weighted by Crippen LogP contribution is 2.32. The summed E-state index contributed by atoms with van der Waals surface area (Å²) >= 11 is 0. The number of carbonyl (C=O) groups excluding carboxylic acids is 1. The van der Waals surface area contributed by atoms with Crippen molar-refractivity contribution in [1.29, 1.82) is 0 Å². The van der Waals surface area contributed by atoms with Gasteiger partial charge in [-0.2, -0.15) is 0 Å². The lowest BCUT2D eigenvalue weighted by molar-refractivity contribution is -0.121. The average molecular weight is 156 g/mol. The fraction of sp³-hybridized carbons (Fsp3) is 0.889. The van der Waals surface area contributed by atoms with E-state index in [1.54, 1.807) is 0 Å². The molecule has 0 amide bonds. The number of Topliss-reactive ketones (excluding diaryl/α,β-unsaturated/α-hetero) is 1. The third kappa shape index (κ3) is 1.80. The molecule has 1 saturated carbocycles. The van der Waals surface area contributed by atoms with Crippen LogP contribution in [0.3, 0.4) is 0 Å². The molecule has 2 unspecified atom stereocenters. The third-order valence-electron chi connectivity index (χ3n) is 2.68. The lowest BCUT2D eigenvalue weighted by Gasteiger charge is -2.14. The van der Waals surface area contributed by atoms with Gasteiger partial charge in [-0.3, -0.25) is 4.79 Å². The van der Waals surface area contributed by atoms with Gasteiger partial charge in [0.05, 0.1) is 0 Å². The van der Waals surface area contributed by atoms with Gasteiger partial charge in [0.25, 0.3) is 0 Å². The van der Waals surface area contributed by atoms with Gasteiger partial charge in [0, 0.05) is 18.9 Å². The van der Waals surface area contributed by atoms with Gasteiger partial charge < -0.3 is 5.11 Å². The van der Waals surface area contributed by atoms with Crippen molar-refractivity contribution in [2.24, 2.45) is 11.8 Å². The van der Waals surface area contributed by atoms with Crippen molar-refractivity contribution in [2.75, 3.05) is 6.61 Å². The van der Waals surface area contributed by atoms with E-state index in [1.165, 1.54) is 0 Å². The van der Waals surface area contributed by atoms with Crippen LogP contribution >= 0.6 is 0 Å². The van der Waals surface area contributed by atoms with Gasteiger partial charge in [0.2, 0.25) is 0 Å². The molecule has 2 heteroatoms. The maximum Gasteiger partial charge on any atom is 0.136 e. The van der Waals surface area contributed by atoms with E-state index in [1.807, 2.05) is 0 Å². The molecule has 0 heterocycles. The summed E-state index contributed by atoms with van der Waals surface area (Å²) in [5.74, 6) is 1.13. The quantitative estimate of drug-likeness (QED) is 0.670. The Morgan fingerprint density at radius 2 is 2.36 bits per heavy atom. The molecular weight excluding hydrogens is 140 g/mol. The summed E-state index contributed by atoms with van der Waals surface area (Å²) in [5, 5.41) is 8.71. The van der Waals surface area contributed by atoms with Crippen LogP contribution in [0.25, 0.3) is 0 Å². The third-order valence-corrected chi connectivity index (χ3v) is 2.68. The van der Waals surface area contributed by atoms with Crippen LogP contribution in [0.5, 0.6) is 0 Å². The van der Waals surface area contributed by atoms with E-state index < -0.39 is 0 Å². The molecule has 1 rings (SSSR count). The highest BCUT2D eigenvalue weighted by atomic mass is 16.3. The van der Waals surface area contributed by atoms with Crippen LogP contribution in [0.4, 0.5) is 0 Å². The summed E-state index contributed by atoms with van der Waals surface area (Å²) in [6.07, 6.45) is 3.49. The molecule has 0 spiro atoms. The normalized spacial score (nSPS) is 31.3. The van der Waals surface area contributed by atoms with E-state index in [0.29, 0.717) is 11.7 Å². The summed E-state index contributed by atoms with van der Waals surface area (Å²) in [6, 6.07) is 0. The van der Waals surface area contributed by atoms with Gasteiger partial charge >= 0.3 is 0 Å². The predicted octanol–water partition coefficient (Wildman–Crippen LogP) is 1.37. The Bertz CT molecular complexity index is 142. The second kappa shape index (κ2) is 3.86. The summed E-state index contributed by atoms with van der Waals surface area (Å²) < 4.78 is 0. The van der Waals surface area contributed by atoms with Crippen LogP contribution < -0.4 is 0 Å². The van der Waals surface area contributed by atoms with Crippen molar-refractivity contribution in [3.05, 3.63) is 0 Å². The molecule has 11 heavy (non-hydrogen) atoms. The molecule has 2 atom stereocenters. The second-order valence-electron chi connectivity index (χ2n) is 3.29. The highest BCUT2D eigenvalue weighted by Gasteiger charge is 2.32. The van der Waals surface area contributed by atoms with E-state index >= 15 is 0 Å². The Morgan fingerprint density at radius 3 is 2.91 bits per heavy atom. The molecule has 1 fully saturated rings. The minimum Gasteiger partial charge on any atom is -0.396 e. The minimum atomic E-state index is 0.231. The Labute approximate surface area is 67.6 Å². The van der Waals surface area contributed by atoms with Crippen LogP contribution in [-0.4, -0.2) is 17.5 Å². The van der Waals surface area contributed by atoms with Crippen molar-refractivity contribution in [3.8, 4) is 0 Å². The zero-order chi connectivity index (χ0) is 8.27. The van der Waals surface area contributed by atoms with Crippen molar-refractivity contribution in [2.45, 2.75) is 32.6 Å². The lowest BCUT2D eigenvalue weighted by Crippen LogP contribution is -2.14. The predicted molar refractivity (Wildman–Crippen MR) is 43.2 cm³/mol. The molecule has 1 N–H and O–H groups in total. The summed E-state index contributed by atoms with van der Waals surface area (Å²) in [6.45, 7) is 2.28. The van der Waals surface area contributed by atoms with Crippen molar-refractivity contribution >= 4 is 5.78 Å². The summed E-state index contributed by atoms with van der Waals surface area (Å²) in [5.41, 5.74) is 0. The molecule has 0 aromatic heterocycles. The Kier molecular flexibility index (Phi) is 3.06. The van der Waals surface area contributed by atoms with Gasteiger partial charge in [-0.15, -0.1) is 0 Å². The van der Waals surface area contributed by atoms with Crippen LogP contribution in [-0.2, 0) is 4.79 Å². The van der Waals surface area contributed by atoms with Crippen LogP contribution in [0.2, 0.25) is 0 Å². The van der Waals surface area contributed by atoms with Crippen molar-refractivity contribution in [1.82, 2.24) is 0 Å². The topological polar surface area (TPSA) is 37.3 Å². The first-order valence-electron chi connectivity index (χ1n) is 4.43. The average Bonchev–Trinajstić information content (AvgIpc) is 2.33. The number of ketones is 1. The van der Waals surface area contributed by atoms with Gasteiger partial charge in [0.1, 0.15) is 5.78 Å². The van der Waals surface area contributed by atoms with E-state index in [-0.39, 0.29) is 12.5 Å². The van der Waals surface area contributed by atoms with Gasteiger partial charge in [-0.25, -0.2) is 0 Å². The van der Waals surface area contributed by atoms with Gasteiger partial charge in [0.15, 0.2) is 0 Å². The molecule has 0 bridgehead atoms. The Hall–Kier alpha value is -0.370. The summed E-state index contributed by atoms with van der Waals surface area (Å²) in [4.78, 5) is 11.2. The largest absolute Gasteiger partial charge is 0.396 e. The Morgan fingerprint density at radius 1 is 1.64 bits per heavy atom. The molecule has 64 valence electrons. The molecule has 0 aromatic carbocycles. The maximum absolute atomic E-state index is 11.2. The first-order chi connectivity index (χ1) is 5.29. The number of aliphatic hydroxyl groups excluding tert-OH is 1. The number of aliphatic hydroxyl groups is 1. The fourth-order valence-corrected chi connectivity index (χ4v) is 2.05. The lowest BCUT2D eigenvalue weighted by atomic mass is 9.91. The number of rotatable bonds is 3. The SMILES string of the molecule is CCC1C(=O)CCC1CCO. The maximum atomic E-state index is 11.2. The number of hydrogen-bond acceptors (Lipinski definition) is 2. The second-order valence-corrected chi connectivity index (χ2v) is 3.29. The van der Waals surface area contributed by atoms with E-state index in [2.05, 4.69) is 6.92 Å². The molecule has 0 aliphatic heterocycles. The smallest absolute Gasteiger partial charge is 0.136 e. The van der Waals surface area contributed by atoms with E-state index in [9.17, 15) is 4.79 Å². The zero-order valence-electron chi connectivity index (χ0n) is 7.05. The standard InChI is InChI=1S/C9H16O2/c1-2-8-7(5-6-10)3-4-9(8)11/h7-8,10H,2-6H2,1H3. The van der Waals surface area contributed by atoms with Crippen LogP contribution in [0.15, 0.2) is 0 Å². The zero-order valence-corrected chi connectivity index (χ0v) is 7.05. The Balaban J connectivity index is 2.47. The number of carbonyl (C=O) groups is 1. The molecule has 1 aliphatic carbocycles. The molecule has 0 aromatic rings. The molecular formula is C9H16O2. The van der Waals surface area contributed by atoms with Crippen molar-refractivity contribution in [3.63, 3.8) is 0 Å². The molecule has 2 nitrogen and oxygen atoms in total. The monoisotopic (exact) mass is 156 g/mol. The first-order valence-corrected chi connectivity index (χ1v) is 4.43. The van der Waals surface area contributed by atoms with Gasteiger partial charge in [-0.1, -0.05) is 6.92 Å².